The Morgan fingerprint density at radius 3 is 2.93 bits per heavy atom. The summed E-state index contributed by atoms with van der Waals surface area (Å²) in [6, 6.07) is 6.06. The fraction of sp³-hybridized carbons (Fsp3) is 0.381. The van der Waals surface area contributed by atoms with Crippen molar-refractivity contribution in [1.82, 2.24) is 14.9 Å². The van der Waals surface area contributed by atoms with Gasteiger partial charge >= 0.3 is 0 Å². The van der Waals surface area contributed by atoms with E-state index in [-0.39, 0.29) is 12.5 Å². The van der Waals surface area contributed by atoms with Crippen molar-refractivity contribution in [2.24, 2.45) is 0 Å². The molecule has 1 fully saturated rings. The van der Waals surface area contributed by atoms with Crippen LogP contribution < -0.4 is 15.0 Å². The summed E-state index contributed by atoms with van der Waals surface area (Å²) in [5.74, 6) is 1.73. The highest BCUT2D eigenvalue weighted by Crippen LogP contribution is 2.31. The van der Waals surface area contributed by atoms with Gasteiger partial charge in [0.2, 0.25) is 0 Å². The summed E-state index contributed by atoms with van der Waals surface area (Å²) in [5.41, 5.74) is 3.25. The number of piperazine rings is 1. The number of hydrogen-bond acceptors (Lipinski definition) is 7. The molecular weight excluding hydrogens is 386 g/mol. The minimum absolute atomic E-state index is 0.0922. The molecule has 0 radical (unpaired) electrons. The van der Waals surface area contributed by atoms with Crippen LogP contribution in [0, 0.1) is 6.92 Å². The highest BCUT2D eigenvalue weighted by Gasteiger charge is 2.21. The van der Waals surface area contributed by atoms with Crippen LogP contribution in [-0.4, -0.2) is 60.1 Å². The SMILES string of the molecule is Cc1csc2ncnc(N3CCN(CCc4ccc5c(c4)NC(=O)CO5)CC3)c12. The van der Waals surface area contributed by atoms with Gasteiger partial charge in [-0.3, -0.25) is 9.69 Å². The number of amides is 1. The van der Waals surface area contributed by atoms with E-state index < -0.39 is 0 Å². The standard InChI is InChI=1S/C21H23N5O2S/c1-14-12-29-21-19(14)20(22-13-23-21)26-8-6-25(7-9-26)5-4-15-2-3-17-16(10-15)24-18(27)11-28-17/h2-3,10,12-13H,4-9,11H2,1H3,(H,24,27). The van der Waals surface area contributed by atoms with Crippen molar-refractivity contribution in [3.63, 3.8) is 0 Å². The lowest BCUT2D eigenvalue weighted by Gasteiger charge is -2.35. The monoisotopic (exact) mass is 409 g/mol. The number of nitrogens with zero attached hydrogens (tertiary/aromatic N) is 4. The van der Waals surface area contributed by atoms with Gasteiger partial charge in [-0.25, -0.2) is 9.97 Å². The third kappa shape index (κ3) is 3.65. The van der Waals surface area contributed by atoms with Crippen molar-refractivity contribution in [3.8, 4) is 5.75 Å². The zero-order valence-electron chi connectivity index (χ0n) is 16.4. The quantitative estimate of drug-likeness (QED) is 0.715. The third-order valence-electron chi connectivity index (χ3n) is 5.60. The number of aromatic nitrogens is 2. The average molecular weight is 410 g/mol. The van der Waals surface area contributed by atoms with Crippen LogP contribution in [0.25, 0.3) is 10.2 Å². The lowest BCUT2D eigenvalue weighted by molar-refractivity contribution is -0.118. The Bertz CT molecular complexity index is 1060. The molecule has 0 aliphatic carbocycles. The zero-order valence-corrected chi connectivity index (χ0v) is 17.2. The Hall–Kier alpha value is -2.71. The molecule has 1 aromatic carbocycles. The van der Waals surface area contributed by atoms with E-state index in [2.05, 4.69) is 43.5 Å². The summed E-state index contributed by atoms with van der Waals surface area (Å²) < 4.78 is 5.43. The van der Waals surface area contributed by atoms with E-state index in [0.29, 0.717) is 0 Å². The van der Waals surface area contributed by atoms with Gasteiger partial charge < -0.3 is 15.0 Å². The lowest BCUT2D eigenvalue weighted by atomic mass is 10.1. The van der Waals surface area contributed by atoms with E-state index in [1.807, 2.05) is 12.1 Å². The molecule has 2 aliphatic heterocycles. The van der Waals surface area contributed by atoms with Crippen LogP contribution in [-0.2, 0) is 11.2 Å². The third-order valence-corrected chi connectivity index (χ3v) is 6.60. The number of carbonyl (C=O) groups is 1. The number of hydrogen-bond donors (Lipinski definition) is 1. The van der Waals surface area contributed by atoms with Gasteiger partial charge in [-0.1, -0.05) is 6.07 Å². The molecule has 2 aromatic heterocycles. The Morgan fingerprint density at radius 1 is 1.21 bits per heavy atom. The molecule has 0 spiro atoms. The summed E-state index contributed by atoms with van der Waals surface area (Å²) in [6.45, 7) is 7.19. The van der Waals surface area contributed by atoms with Crippen molar-refractivity contribution in [3.05, 3.63) is 41.0 Å². The molecule has 0 atom stereocenters. The highest BCUT2D eigenvalue weighted by molar-refractivity contribution is 7.17. The summed E-state index contributed by atoms with van der Waals surface area (Å²) in [6.07, 6.45) is 2.63. The Labute approximate surface area is 173 Å². The first-order valence-corrected chi connectivity index (χ1v) is 10.8. The number of fused-ring (bicyclic) bond motifs is 2. The van der Waals surface area contributed by atoms with E-state index in [1.165, 1.54) is 16.5 Å². The second-order valence-electron chi connectivity index (χ2n) is 7.54. The number of nitrogens with one attached hydrogen (secondary N) is 1. The molecule has 8 heteroatoms. The first-order valence-electron chi connectivity index (χ1n) is 9.89. The number of thiophene rings is 1. The van der Waals surface area contributed by atoms with Crippen LogP contribution in [0.15, 0.2) is 29.9 Å². The summed E-state index contributed by atoms with van der Waals surface area (Å²) in [5, 5.41) is 6.24. The maximum absolute atomic E-state index is 11.5. The molecule has 2 aliphatic rings. The molecule has 29 heavy (non-hydrogen) atoms. The molecule has 1 saturated heterocycles. The van der Waals surface area contributed by atoms with Gasteiger partial charge in [0.1, 0.15) is 22.7 Å². The van der Waals surface area contributed by atoms with Crippen molar-refractivity contribution in [2.45, 2.75) is 13.3 Å². The van der Waals surface area contributed by atoms with Crippen LogP contribution >= 0.6 is 11.3 Å². The van der Waals surface area contributed by atoms with Crippen molar-refractivity contribution in [2.75, 3.05) is 49.5 Å². The van der Waals surface area contributed by atoms with E-state index >= 15 is 0 Å². The van der Waals surface area contributed by atoms with E-state index in [9.17, 15) is 4.79 Å². The van der Waals surface area contributed by atoms with Crippen LogP contribution in [0.4, 0.5) is 11.5 Å². The number of rotatable bonds is 4. The summed E-state index contributed by atoms with van der Waals surface area (Å²) in [7, 11) is 0. The molecule has 1 amide bonds. The van der Waals surface area contributed by atoms with Crippen LogP contribution in [0.5, 0.6) is 5.75 Å². The first kappa shape index (κ1) is 18.3. The topological polar surface area (TPSA) is 70.6 Å². The molecule has 3 aromatic rings. The van der Waals surface area contributed by atoms with Gasteiger partial charge in [0, 0.05) is 32.7 Å². The average Bonchev–Trinajstić information content (AvgIpc) is 3.13. The molecule has 0 saturated carbocycles. The maximum Gasteiger partial charge on any atom is 0.262 e. The van der Waals surface area contributed by atoms with Crippen molar-refractivity contribution < 1.29 is 9.53 Å². The number of benzene rings is 1. The highest BCUT2D eigenvalue weighted by atomic mass is 32.1. The molecule has 4 heterocycles. The van der Waals surface area contributed by atoms with E-state index in [1.54, 1.807) is 17.7 Å². The Kier molecular flexibility index (Phi) is 4.81. The molecule has 1 N–H and O–H groups in total. The van der Waals surface area contributed by atoms with E-state index in [0.717, 1.165) is 61.2 Å². The largest absolute Gasteiger partial charge is 0.482 e. The normalized spacial score (nSPS) is 17.1. The molecule has 5 rings (SSSR count). The smallest absolute Gasteiger partial charge is 0.262 e. The Balaban J connectivity index is 1.20. The number of anilines is 2. The maximum atomic E-state index is 11.5. The first-order chi connectivity index (χ1) is 14.2. The zero-order chi connectivity index (χ0) is 19.8. The van der Waals surface area contributed by atoms with Gasteiger partial charge in [-0.2, -0.15) is 0 Å². The molecule has 150 valence electrons. The predicted molar refractivity (Wildman–Crippen MR) is 115 cm³/mol. The van der Waals surface area contributed by atoms with Gasteiger partial charge in [0.15, 0.2) is 6.61 Å². The van der Waals surface area contributed by atoms with Crippen LogP contribution in [0.2, 0.25) is 0 Å². The molecule has 0 unspecified atom stereocenters. The minimum atomic E-state index is -0.0922. The van der Waals surface area contributed by atoms with Crippen LogP contribution in [0.1, 0.15) is 11.1 Å². The molecular formula is C21H23N5O2S. The minimum Gasteiger partial charge on any atom is -0.482 e. The molecule has 7 nitrogen and oxygen atoms in total. The lowest BCUT2D eigenvalue weighted by Crippen LogP contribution is -2.47. The summed E-state index contributed by atoms with van der Waals surface area (Å²) >= 11 is 1.68. The fourth-order valence-corrected chi connectivity index (χ4v) is 4.88. The van der Waals surface area contributed by atoms with Crippen molar-refractivity contribution >= 4 is 39.0 Å². The van der Waals surface area contributed by atoms with Gasteiger partial charge in [-0.05, 0) is 42.0 Å². The second-order valence-corrected chi connectivity index (χ2v) is 8.40. The van der Waals surface area contributed by atoms with Gasteiger partial charge in [0.05, 0.1) is 11.1 Å². The number of carbonyl (C=O) groups excluding carboxylic acids is 1. The van der Waals surface area contributed by atoms with Crippen molar-refractivity contribution in [1.29, 1.82) is 0 Å². The number of aryl methyl sites for hydroxylation is 1. The predicted octanol–water partition coefficient (Wildman–Crippen LogP) is 2.70. The van der Waals surface area contributed by atoms with Crippen LogP contribution in [0.3, 0.4) is 0 Å². The van der Waals surface area contributed by atoms with Gasteiger partial charge in [-0.15, -0.1) is 11.3 Å². The van der Waals surface area contributed by atoms with E-state index in [4.69, 9.17) is 4.74 Å². The Morgan fingerprint density at radius 2 is 2.07 bits per heavy atom. The molecule has 0 bridgehead atoms. The fourth-order valence-electron chi connectivity index (χ4n) is 3.99. The number of ether oxygens (including phenoxy) is 1. The van der Waals surface area contributed by atoms with Gasteiger partial charge in [0.25, 0.3) is 5.91 Å². The summed E-state index contributed by atoms with van der Waals surface area (Å²) in [4.78, 5) is 26.4. The second kappa shape index (κ2) is 7.61.